The molecule has 2 N–H and O–H groups in total. The maximum atomic E-state index is 11.6. The highest BCUT2D eigenvalue weighted by atomic mass is 35.5. The molecular formula is C26H26ClN5O3S. The summed E-state index contributed by atoms with van der Waals surface area (Å²) in [5, 5.41) is 18.4. The van der Waals surface area contributed by atoms with Gasteiger partial charge in [-0.1, -0.05) is 35.0 Å². The van der Waals surface area contributed by atoms with E-state index in [1.165, 1.54) is 16.9 Å². The quantitative estimate of drug-likeness (QED) is 0.277. The number of benzene rings is 1. The monoisotopic (exact) mass is 523 g/mol. The Balaban J connectivity index is 1.20. The van der Waals surface area contributed by atoms with E-state index >= 15 is 0 Å². The molecule has 1 atom stereocenters. The number of carboxylic acid groups (broad SMARTS) is 1. The summed E-state index contributed by atoms with van der Waals surface area (Å²) >= 11 is 7.45. The van der Waals surface area contributed by atoms with Crippen LogP contribution < -0.4 is 5.32 Å². The van der Waals surface area contributed by atoms with Gasteiger partial charge in [-0.25, -0.2) is 9.97 Å². The van der Waals surface area contributed by atoms with E-state index in [4.69, 9.17) is 21.1 Å². The molecule has 36 heavy (non-hydrogen) atoms. The maximum absolute atomic E-state index is 11.6. The molecule has 4 aromatic rings. The highest BCUT2D eigenvalue weighted by Crippen LogP contribution is 2.33. The van der Waals surface area contributed by atoms with E-state index in [0.717, 1.165) is 59.2 Å². The van der Waals surface area contributed by atoms with Crippen molar-refractivity contribution in [2.45, 2.75) is 50.9 Å². The number of pyridine rings is 1. The van der Waals surface area contributed by atoms with E-state index in [-0.39, 0.29) is 12.3 Å². The number of nitrogens with one attached hydrogen (secondary N) is 1. The molecule has 0 amide bonds. The molecule has 1 aromatic carbocycles. The summed E-state index contributed by atoms with van der Waals surface area (Å²) in [6.07, 6.45) is 6.61. The molecule has 0 bridgehead atoms. The summed E-state index contributed by atoms with van der Waals surface area (Å²) in [5.41, 5.74) is 3.27. The standard InChI is InChI=1S/C26H26ClN5O3S/c27-19-9-6-17(7-10-19)26-29-15-21(36-26)18(14-24(33)34)13-23-31-22(32-35-23)5-1-4-20-11-8-16-3-2-12-28-25(16)30-20/h6-11,15,18H,1-5,12-14H2,(H,28,30)(H,33,34). The maximum Gasteiger partial charge on any atom is 0.304 e. The first-order valence-corrected chi connectivity index (χ1v) is 13.2. The van der Waals surface area contributed by atoms with E-state index in [1.54, 1.807) is 6.20 Å². The molecule has 3 aromatic heterocycles. The minimum absolute atomic E-state index is 0.0437. The summed E-state index contributed by atoms with van der Waals surface area (Å²) in [4.78, 5) is 26.2. The van der Waals surface area contributed by atoms with Crippen molar-refractivity contribution in [2.75, 3.05) is 11.9 Å². The molecule has 1 aliphatic heterocycles. The summed E-state index contributed by atoms with van der Waals surface area (Å²) in [7, 11) is 0. The van der Waals surface area contributed by atoms with Gasteiger partial charge in [0, 0.05) is 52.7 Å². The van der Waals surface area contributed by atoms with Gasteiger partial charge in [-0.3, -0.25) is 4.79 Å². The fourth-order valence-electron chi connectivity index (χ4n) is 4.31. The number of anilines is 1. The highest BCUT2D eigenvalue weighted by molar-refractivity contribution is 7.15. The molecule has 0 aliphatic carbocycles. The molecule has 5 rings (SSSR count). The molecule has 0 saturated heterocycles. The predicted molar refractivity (Wildman–Crippen MR) is 139 cm³/mol. The zero-order valence-electron chi connectivity index (χ0n) is 19.6. The predicted octanol–water partition coefficient (Wildman–Crippen LogP) is 5.58. The van der Waals surface area contributed by atoms with Crippen molar-refractivity contribution in [3.63, 3.8) is 0 Å². The van der Waals surface area contributed by atoms with Gasteiger partial charge in [-0.15, -0.1) is 11.3 Å². The summed E-state index contributed by atoms with van der Waals surface area (Å²) < 4.78 is 5.47. The van der Waals surface area contributed by atoms with E-state index in [9.17, 15) is 9.90 Å². The van der Waals surface area contributed by atoms with Gasteiger partial charge in [0.15, 0.2) is 5.82 Å². The fourth-order valence-corrected chi connectivity index (χ4v) is 5.45. The largest absolute Gasteiger partial charge is 0.481 e. The first-order valence-electron chi connectivity index (χ1n) is 12.0. The van der Waals surface area contributed by atoms with Crippen LogP contribution in [0.25, 0.3) is 10.6 Å². The van der Waals surface area contributed by atoms with Crippen molar-refractivity contribution in [2.24, 2.45) is 0 Å². The number of fused-ring (bicyclic) bond motifs is 1. The zero-order chi connectivity index (χ0) is 24.9. The fraction of sp³-hybridized carbons (Fsp3) is 0.346. The second kappa shape index (κ2) is 11.2. The second-order valence-electron chi connectivity index (χ2n) is 8.87. The Hall–Kier alpha value is -3.30. The van der Waals surface area contributed by atoms with E-state index in [1.807, 2.05) is 24.3 Å². The molecule has 0 saturated carbocycles. The lowest BCUT2D eigenvalue weighted by Gasteiger charge is -2.17. The van der Waals surface area contributed by atoms with Gasteiger partial charge in [0.05, 0.1) is 6.42 Å². The second-order valence-corrected chi connectivity index (χ2v) is 10.4. The molecule has 0 fully saturated rings. The molecule has 186 valence electrons. The molecular weight excluding hydrogens is 498 g/mol. The van der Waals surface area contributed by atoms with E-state index in [0.29, 0.717) is 29.6 Å². The first kappa shape index (κ1) is 24.4. The number of carboxylic acids is 1. The van der Waals surface area contributed by atoms with Crippen LogP contribution in [-0.2, 0) is 30.5 Å². The zero-order valence-corrected chi connectivity index (χ0v) is 21.2. The van der Waals surface area contributed by atoms with Crippen LogP contribution in [0.2, 0.25) is 5.02 Å². The average molecular weight is 524 g/mol. The number of carbonyl (C=O) groups is 1. The molecule has 8 nitrogen and oxygen atoms in total. The molecule has 0 spiro atoms. The van der Waals surface area contributed by atoms with Crippen LogP contribution in [0.5, 0.6) is 0 Å². The van der Waals surface area contributed by atoms with Crippen molar-refractivity contribution in [1.29, 1.82) is 0 Å². The smallest absolute Gasteiger partial charge is 0.304 e. The normalized spacial score (nSPS) is 13.7. The van der Waals surface area contributed by atoms with Gasteiger partial charge < -0.3 is 14.9 Å². The summed E-state index contributed by atoms with van der Waals surface area (Å²) in [6, 6.07) is 11.7. The third kappa shape index (κ3) is 6.09. The average Bonchev–Trinajstić information content (AvgIpc) is 3.54. The molecule has 1 unspecified atom stereocenters. The third-order valence-electron chi connectivity index (χ3n) is 6.15. The number of hydrogen-bond donors (Lipinski definition) is 2. The van der Waals surface area contributed by atoms with Crippen molar-refractivity contribution in [1.82, 2.24) is 20.1 Å². The first-order chi connectivity index (χ1) is 17.5. The molecule has 10 heteroatoms. The highest BCUT2D eigenvalue weighted by Gasteiger charge is 2.22. The van der Waals surface area contributed by atoms with Gasteiger partial charge in [0.1, 0.15) is 10.8 Å². The van der Waals surface area contributed by atoms with Crippen LogP contribution >= 0.6 is 22.9 Å². The number of rotatable bonds is 10. The Morgan fingerprint density at radius 3 is 2.86 bits per heavy atom. The van der Waals surface area contributed by atoms with Gasteiger partial charge in [0.25, 0.3) is 0 Å². The number of hydrogen-bond acceptors (Lipinski definition) is 8. The van der Waals surface area contributed by atoms with Gasteiger partial charge in [-0.05, 0) is 49.4 Å². The number of aryl methyl sites for hydroxylation is 3. The Morgan fingerprint density at radius 1 is 1.17 bits per heavy atom. The number of thiazole rings is 1. The van der Waals surface area contributed by atoms with Crippen molar-refractivity contribution >= 4 is 34.7 Å². The Labute approximate surface area is 217 Å². The lowest BCUT2D eigenvalue weighted by Crippen LogP contribution is -2.14. The number of nitrogens with zero attached hydrogens (tertiary/aromatic N) is 4. The minimum Gasteiger partial charge on any atom is -0.481 e. The van der Waals surface area contributed by atoms with Crippen LogP contribution in [-0.4, -0.2) is 37.7 Å². The molecule has 4 heterocycles. The lowest BCUT2D eigenvalue weighted by atomic mass is 10.0. The van der Waals surface area contributed by atoms with E-state index < -0.39 is 5.97 Å². The van der Waals surface area contributed by atoms with Crippen LogP contribution in [0, 0.1) is 0 Å². The Bertz CT molecular complexity index is 1340. The van der Waals surface area contributed by atoms with E-state index in [2.05, 4.69) is 32.6 Å². The van der Waals surface area contributed by atoms with Gasteiger partial charge >= 0.3 is 5.97 Å². The van der Waals surface area contributed by atoms with Crippen LogP contribution in [0.3, 0.4) is 0 Å². The van der Waals surface area contributed by atoms with Crippen molar-refractivity contribution < 1.29 is 14.4 Å². The molecule has 1 aliphatic rings. The summed E-state index contributed by atoms with van der Waals surface area (Å²) in [5.74, 6) is 0.886. The Kier molecular flexibility index (Phi) is 7.58. The number of halogens is 1. The third-order valence-corrected chi connectivity index (χ3v) is 7.62. The van der Waals surface area contributed by atoms with Crippen molar-refractivity contribution in [3.05, 3.63) is 75.5 Å². The number of aromatic nitrogens is 4. The SMILES string of the molecule is O=C(O)CC(Cc1nc(CCCc2ccc3c(n2)NCCC3)no1)c1cnc(-c2ccc(Cl)cc2)s1. The van der Waals surface area contributed by atoms with Crippen LogP contribution in [0.4, 0.5) is 5.82 Å². The Morgan fingerprint density at radius 2 is 2.03 bits per heavy atom. The topological polar surface area (TPSA) is 114 Å². The van der Waals surface area contributed by atoms with Crippen molar-refractivity contribution in [3.8, 4) is 10.6 Å². The van der Waals surface area contributed by atoms with Crippen LogP contribution in [0.1, 0.15) is 53.0 Å². The lowest BCUT2D eigenvalue weighted by molar-refractivity contribution is -0.137. The minimum atomic E-state index is -0.881. The van der Waals surface area contributed by atoms with Gasteiger partial charge in [-0.2, -0.15) is 4.98 Å². The summed E-state index contributed by atoms with van der Waals surface area (Å²) in [6.45, 7) is 0.974. The van der Waals surface area contributed by atoms with Gasteiger partial charge in [0.2, 0.25) is 5.89 Å². The van der Waals surface area contributed by atoms with Crippen LogP contribution in [0.15, 0.2) is 47.1 Å². The molecule has 0 radical (unpaired) electrons. The number of aliphatic carboxylic acids is 1.